The van der Waals surface area contributed by atoms with Crippen LogP contribution in [0.4, 0.5) is 0 Å². The monoisotopic (exact) mass is 401 g/mol. The number of amides is 1. The summed E-state index contributed by atoms with van der Waals surface area (Å²) in [5.41, 5.74) is 1.62. The third-order valence-electron chi connectivity index (χ3n) is 5.23. The van der Waals surface area contributed by atoms with Gasteiger partial charge in [-0.15, -0.1) is 11.3 Å². The van der Waals surface area contributed by atoms with Gasteiger partial charge in [-0.05, 0) is 23.6 Å². The summed E-state index contributed by atoms with van der Waals surface area (Å²) in [6, 6.07) is 10.1. The summed E-state index contributed by atoms with van der Waals surface area (Å²) in [6.07, 6.45) is 1.96. The van der Waals surface area contributed by atoms with E-state index in [1.807, 2.05) is 18.2 Å². The molecule has 2 N–H and O–H groups in total. The first-order valence-electron chi connectivity index (χ1n) is 9.51. The van der Waals surface area contributed by atoms with E-state index in [0.29, 0.717) is 13.0 Å². The fraction of sp³-hybridized carbons (Fsp3) is 0.381. The second-order valence-corrected chi connectivity index (χ2v) is 7.92. The van der Waals surface area contributed by atoms with Crippen LogP contribution in [0.3, 0.4) is 0 Å². The van der Waals surface area contributed by atoms with Crippen molar-refractivity contribution in [1.29, 1.82) is 0 Å². The molecule has 1 fully saturated rings. The maximum Gasteiger partial charge on any atom is 0.224 e. The Balaban J connectivity index is 1.41. The van der Waals surface area contributed by atoms with Crippen molar-refractivity contribution >= 4 is 28.2 Å². The zero-order valence-electron chi connectivity index (χ0n) is 15.9. The summed E-state index contributed by atoms with van der Waals surface area (Å²) >= 11 is 1.75. The number of carbonyl (C=O) groups excluding carboxylic acids is 1. The van der Waals surface area contributed by atoms with Gasteiger partial charge in [-0.1, -0.05) is 6.07 Å². The first kappa shape index (κ1) is 19.0. The van der Waals surface area contributed by atoms with Gasteiger partial charge >= 0.3 is 0 Å². The second kappa shape index (κ2) is 8.77. The van der Waals surface area contributed by atoms with Gasteiger partial charge in [0.1, 0.15) is 30.5 Å². The number of quaternary nitrogens is 1. The first-order chi connectivity index (χ1) is 13.7. The largest absolute Gasteiger partial charge is 0.497 e. The third-order valence-corrected chi connectivity index (χ3v) is 6.22. The molecule has 0 spiro atoms. The molecule has 1 saturated heterocycles. The zero-order valence-corrected chi connectivity index (χ0v) is 16.7. The summed E-state index contributed by atoms with van der Waals surface area (Å²) in [6.45, 7) is 4.10. The van der Waals surface area contributed by atoms with Crippen LogP contribution in [0.5, 0.6) is 5.75 Å². The van der Waals surface area contributed by atoms with E-state index in [1.54, 1.807) is 24.7 Å². The van der Waals surface area contributed by atoms with Crippen molar-refractivity contribution in [1.82, 2.24) is 5.32 Å². The van der Waals surface area contributed by atoms with Gasteiger partial charge in [-0.3, -0.25) is 4.79 Å². The molecule has 3 aromatic rings. The van der Waals surface area contributed by atoms with E-state index < -0.39 is 0 Å². The van der Waals surface area contributed by atoms with Crippen molar-refractivity contribution in [2.75, 3.05) is 40.0 Å². The predicted octanol–water partition coefficient (Wildman–Crippen LogP) is 1.82. The van der Waals surface area contributed by atoms with Crippen LogP contribution >= 0.6 is 11.3 Å². The Morgan fingerprint density at radius 1 is 1.32 bits per heavy atom. The Bertz CT molecular complexity index is 916. The molecule has 1 atom stereocenters. The van der Waals surface area contributed by atoms with E-state index in [4.69, 9.17) is 13.9 Å². The van der Waals surface area contributed by atoms with E-state index in [0.717, 1.165) is 48.6 Å². The average Bonchev–Trinajstić information content (AvgIpc) is 3.39. The van der Waals surface area contributed by atoms with Crippen molar-refractivity contribution in [2.24, 2.45) is 0 Å². The van der Waals surface area contributed by atoms with Gasteiger partial charge in [0.15, 0.2) is 0 Å². The minimum atomic E-state index is 0.00716. The number of thiophene rings is 1. The lowest BCUT2D eigenvalue weighted by atomic mass is 10.1. The van der Waals surface area contributed by atoms with E-state index in [2.05, 4.69) is 22.8 Å². The summed E-state index contributed by atoms with van der Waals surface area (Å²) in [7, 11) is 1.62. The minimum Gasteiger partial charge on any atom is -0.497 e. The maximum atomic E-state index is 12.6. The molecule has 4 rings (SSSR count). The van der Waals surface area contributed by atoms with Gasteiger partial charge in [-0.25, -0.2) is 0 Å². The number of ether oxygens (including phenoxy) is 2. The lowest BCUT2D eigenvalue weighted by Crippen LogP contribution is -3.15. The Kier molecular flexibility index (Phi) is 5.95. The van der Waals surface area contributed by atoms with E-state index in [-0.39, 0.29) is 11.9 Å². The van der Waals surface area contributed by atoms with Gasteiger partial charge in [0.05, 0.1) is 44.4 Å². The lowest BCUT2D eigenvalue weighted by molar-refractivity contribution is -0.937. The molecular weight excluding hydrogens is 376 g/mol. The van der Waals surface area contributed by atoms with Crippen molar-refractivity contribution in [3.8, 4) is 5.75 Å². The number of benzene rings is 1. The van der Waals surface area contributed by atoms with Gasteiger partial charge in [0.2, 0.25) is 5.91 Å². The highest BCUT2D eigenvalue weighted by Crippen LogP contribution is 2.26. The van der Waals surface area contributed by atoms with Gasteiger partial charge in [-0.2, -0.15) is 0 Å². The van der Waals surface area contributed by atoms with Crippen LogP contribution in [0.15, 0.2) is 46.4 Å². The Hall–Kier alpha value is -2.35. The predicted molar refractivity (Wildman–Crippen MR) is 108 cm³/mol. The van der Waals surface area contributed by atoms with Crippen LogP contribution < -0.4 is 15.0 Å². The number of methoxy groups -OCH3 is 1. The molecule has 0 unspecified atom stereocenters. The summed E-state index contributed by atoms with van der Waals surface area (Å²) in [5, 5.41) is 6.18. The SMILES string of the molecule is COc1ccc2c(CC(=O)NC[C@@H](c3cccs3)[NH+]3CCOCC3)coc2c1. The van der Waals surface area contributed by atoms with Crippen molar-refractivity contribution in [2.45, 2.75) is 12.5 Å². The highest BCUT2D eigenvalue weighted by molar-refractivity contribution is 7.10. The second-order valence-electron chi connectivity index (χ2n) is 6.94. The van der Waals surface area contributed by atoms with Gasteiger partial charge < -0.3 is 24.1 Å². The first-order valence-corrected chi connectivity index (χ1v) is 10.4. The average molecular weight is 402 g/mol. The molecule has 2 aromatic heterocycles. The highest BCUT2D eigenvalue weighted by Gasteiger charge is 2.27. The van der Waals surface area contributed by atoms with Crippen LogP contribution in [0.2, 0.25) is 0 Å². The molecule has 1 aliphatic heterocycles. The molecular formula is C21H25N2O4S+. The van der Waals surface area contributed by atoms with Crippen molar-refractivity contribution < 1.29 is 23.6 Å². The highest BCUT2D eigenvalue weighted by atomic mass is 32.1. The Morgan fingerprint density at radius 3 is 2.93 bits per heavy atom. The molecule has 0 saturated carbocycles. The number of fused-ring (bicyclic) bond motifs is 1. The molecule has 0 aliphatic carbocycles. The normalized spacial score (nSPS) is 16.2. The zero-order chi connectivity index (χ0) is 19.3. The lowest BCUT2D eigenvalue weighted by Gasteiger charge is -2.31. The fourth-order valence-electron chi connectivity index (χ4n) is 3.70. The molecule has 0 bridgehead atoms. The van der Waals surface area contributed by atoms with Crippen LogP contribution in [-0.4, -0.2) is 45.9 Å². The van der Waals surface area contributed by atoms with E-state index in [9.17, 15) is 4.79 Å². The quantitative estimate of drug-likeness (QED) is 0.634. The van der Waals surface area contributed by atoms with Crippen LogP contribution in [-0.2, 0) is 16.0 Å². The van der Waals surface area contributed by atoms with Crippen LogP contribution in [0.1, 0.15) is 16.5 Å². The molecule has 148 valence electrons. The number of nitrogens with one attached hydrogen (secondary N) is 2. The molecule has 6 nitrogen and oxygen atoms in total. The molecule has 3 heterocycles. The van der Waals surface area contributed by atoms with Crippen molar-refractivity contribution in [3.63, 3.8) is 0 Å². The van der Waals surface area contributed by atoms with Crippen LogP contribution in [0, 0.1) is 0 Å². The van der Waals surface area contributed by atoms with Gasteiger partial charge in [0.25, 0.3) is 0 Å². The fourth-order valence-corrected chi connectivity index (χ4v) is 4.58. The molecule has 1 amide bonds. The summed E-state index contributed by atoms with van der Waals surface area (Å²) in [5.74, 6) is 0.748. The Morgan fingerprint density at radius 2 is 2.18 bits per heavy atom. The Labute approximate surface area is 168 Å². The number of hydrogen-bond acceptors (Lipinski definition) is 5. The number of furan rings is 1. The third kappa shape index (κ3) is 4.22. The van der Waals surface area contributed by atoms with E-state index in [1.165, 1.54) is 9.78 Å². The molecule has 7 heteroatoms. The number of hydrogen-bond donors (Lipinski definition) is 2. The van der Waals surface area contributed by atoms with Crippen molar-refractivity contribution in [3.05, 3.63) is 52.4 Å². The van der Waals surface area contributed by atoms with Gasteiger partial charge in [0, 0.05) is 17.0 Å². The molecule has 28 heavy (non-hydrogen) atoms. The summed E-state index contributed by atoms with van der Waals surface area (Å²) < 4.78 is 16.3. The minimum absolute atomic E-state index is 0.00716. The topological polar surface area (TPSA) is 65.1 Å². The smallest absolute Gasteiger partial charge is 0.224 e. The number of morpholine rings is 1. The molecule has 1 aliphatic rings. The number of rotatable bonds is 7. The maximum absolute atomic E-state index is 12.6. The molecule has 0 radical (unpaired) electrons. The molecule has 1 aromatic carbocycles. The van der Waals surface area contributed by atoms with Crippen LogP contribution in [0.25, 0.3) is 11.0 Å². The summed E-state index contributed by atoms with van der Waals surface area (Å²) in [4.78, 5) is 15.4. The number of carbonyl (C=O) groups is 1. The van der Waals surface area contributed by atoms with E-state index >= 15 is 0 Å². The standard InChI is InChI=1S/C21H24N2O4S/c1-25-16-4-5-17-15(14-27-19(17)12-16)11-21(24)22-13-18(20-3-2-10-28-20)23-6-8-26-9-7-23/h2-5,10,12,14,18H,6-9,11,13H2,1H3,(H,22,24)/p+1/t18-/m0/s1.